The number of aromatic nitrogens is 2. The van der Waals surface area contributed by atoms with Crippen LogP contribution >= 0.6 is 0 Å². The van der Waals surface area contributed by atoms with Gasteiger partial charge in [-0.3, -0.25) is 9.59 Å². The number of rotatable bonds is 3. The summed E-state index contributed by atoms with van der Waals surface area (Å²) in [5, 5.41) is 2.40. The van der Waals surface area contributed by atoms with Gasteiger partial charge in [-0.25, -0.2) is 18.7 Å². The van der Waals surface area contributed by atoms with E-state index in [1.54, 1.807) is 41.4 Å². The minimum absolute atomic E-state index is 0.0827. The minimum Gasteiger partial charge on any atom is -0.436 e. The van der Waals surface area contributed by atoms with Gasteiger partial charge in [0.15, 0.2) is 5.75 Å². The van der Waals surface area contributed by atoms with E-state index in [1.807, 2.05) is 6.07 Å². The average Bonchev–Trinajstić information content (AvgIpc) is 3.02. The lowest BCUT2D eigenvalue weighted by Gasteiger charge is -2.22. The molecule has 2 amide bonds. The number of anilines is 2. The summed E-state index contributed by atoms with van der Waals surface area (Å²) in [6.07, 6.45) is 2.92. The number of hydrogen-bond donors (Lipinski definition) is 1. The smallest absolute Gasteiger partial charge is 0.260 e. The number of nitrogens with zero attached hydrogens (tertiary/aromatic N) is 3. The van der Waals surface area contributed by atoms with Gasteiger partial charge in [0.1, 0.15) is 17.5 Å². The molecule has 0 bridgehead atoms. The molecule has 5 rings (SSSR count). The first-order valence-electron chi connectivity index (χ1n) is 10.2. The summed E-state index contributed by atoms with van der Waals surface area (Å²) in [6.45, 7) is 0.232. The molecule has 0 unspecified atom stereocenters. The van der Waals surface area contributed by atoms with E-state index in [1.165, 1.54) is 18.3 Å². The third-order valence-corrected chi connectivity index (χ3v) is 5.21. The quantitative estimate of drug-likeness (QED) is 0.469. The third-order valence-electron chi connectivity index (χ3n) is 5.21. The predicted octanol–water partition coefficient (Wildman–Crippen LogP) is 4.96. The molecule has 168 valence electrons. The Morgan fingerprint density at radius 1 is 0.971 bits per heavy atom. The van der Waals surface area contributed by atoms with Crippen LogP contribution in [0.15, 0.2) is 79.1 Å². The molecule has 0 fully saturated rings. The standard InChI is InChI=1S/C25H16F2N4O3/c26-17-8-9-19(27)18(12-17)23(32)30-22-10-7-15(13-29-22)25(33)31-14-16-4-3-11-28-24(16)34-21-6-2-1-5-20(21)31/h1-13H,14H2,(H,29,30,32). The van der Waals surface area contributed by atoms with Crippen LogP contribution in [0.4, 0.5) is 20.3 Å². The van der Waals surface area contributed by atoms with Crippen LogP contribution in [0.25, 0.3) is 0 Å². The lowest BCUT2D eigenvalue weighted by molar-refractivity contribution is 0.0983. The summed E-state index contributed by atoms with van der Waals surface area (Å²) in [7, 11) is 0. The fourth-order valence-corrected chi connectivity index (χ4v) is 3.55. The molecule has 2 aromatic carbocycles. The molecule has 7 nitrogen and oxygen atoms in total. The van der Waals surface area contributed by atoms with Gasteiger partial charge in [0.2, 0.25) is 5.88 Å². The fourth-order valence-electron chi connectivity index (χ4n) is 3.55. The summed E-state index contributed by atoms with van der Waals surface area (Å²) >= 11 is 0. The number of carbonyl (C=O) groups excluding carboxylic acids is 2. The Bertz CT molecular complexity index is 1410. The molecule has 2 aromatic heterocycles. The zero-order valence-electron chi connectivity index (χ0n) is 17.5. The highest BCUT2D eigenvalue weighted by atomic mass is 19.1. The van der Waals surface area contributed by atoms with Crippen LogP contribution in [0, 0.1) is 11.6 Å². The number of nitrogens with one attached hydrogen (secondary N) is 1. The van der Waals surface area contributed by atoms with E-state index in [9.17, 15) is 18.4 Å². The number of amides is 2. The molecular weight excluding hydrogens is 442 g/mol. The number of halogens is 2. The van der Waals surface area contributed by atoms with Crippen molar-refractivity contribution in [3.8, 4) is 11.6 Å². The van der Waals surface area contributed by atoms with E-state index in [-0.39, 0.29) is 23.8 Å². The van der Waals surface area contributed by atoms with Gasteiger partial charge in [0.25, 0.3) is 11.8 Å². The van der Waals surface area contributed by atoms with Crippen LogP contribution in [0.2, 0.25) is 0 Å². The van der Waals surface area contributed by atoms with Crippen molar-refractivity contribution in [3.05, 3.63) is 107 Å². The van der Waals surface area contributed by atoms with E-state index in [4.69, 9.17) is 4.74 Å². The molecule has 1 aliphatic heterocycles. The van der Waals surface area contributed by atoms with Gasteiger partial charge in [-0.2, -0.15) is 0 Å². The number of fused-ring (bicyclic) bond motifs is 2. The zero-order chi connectivity index (χ0) is 23.7. The summed E-state index contributed by atoms with van der Waals surface area (Å²) < 4.78 is 33.1. The van der Waals surface area contributed by atoms with E-state index in [0.717, 1.165) is 23.8 Å². The Labute approximate surface area is 192 Å². The number of hydrogen-bond acceptors (Lipinski definition) is 5. The fraction of sp³-hybridized carbons (Fsp3) is 0.0400. The first kappa shape index (κ1) is 21.2. The number of ether oxygens (including phenoxy) is 1. The molecule has 3 heterocycles. The van der Waals surface area contributed by atoms with Gasteiger partial charge in [-0.05, 0) is 48.5 Å². The lowest BCUT2D eigenvalue weighted by Crippen LogP contribution is -2.30. The van der Waals surface area contributed by atoms with E-state index >= 15 is 0 Å². The molecule has 0 saturated carbocycles. The molecule has 34 heavy (non-hydrogen) atoms. The Hall–Kier alpha value is -4.66. The third kappa shape index (κ3) is 4.06. The van der Waals surface area contributed by atoms with Crippen molar-refractivity contribution in [2.24, 2.45) is 0 Å². The Morgan fingerprint density at radius 3 is 2.65 bits per heavy atom. The lowest BCUT2D eigenvalue weighted by atomic mass is 10.1. The van der Waals surface area contributed by atoms with Crippen molar-refractivity contribution in [3.63, 3.8) is 0 Å². The summed E-state index contributed by atoms with van der Waals surface area (Å²) in [5.41, 5.74) is 1.12. The number of benzene rings is 2. The molecule has 0 saturated heterocycles. The van der Waals surface area contributed by atoms with Gasteiger partial charge in [-0.1, -0.05) is 18.2 Å². The molecule has 9 heteroatoms. The predicted molar refractivity (Wildman–Crippen MR) is 120 cm³/mol. The van der Waals surface area contributed by atoms with Crippen LogP contribution in [0.3, 0.4) is 0 Å². The van der Waals surface area contributed by atoms with Crippen LogP contribution in [0.5, 0.6) is 11.6 Å². The SMILES string of the molecule is O=C(Nc1ccc(C(=O)N2Cc3cccnc3Oc3ccccc32)cn1)c1cc(F)ccc1F. The van der Waals surface area contributed by atoms with Crippen molar-refractivity contribution >= 4 is 23.3 Å². The summed E-state index contributed by atoms with van der Waals surface area (Å²) in [5.74, 6) is -1.80. The molecule has 0 aliphatic carbocycles. The van der Waals surface area contributed by atoms with E-state index in [0.29, 0.717) is 17.3 Å². The highest BCUT2D eigenvalue weighted by Crippen LogP contribution is 2.38. The first-order chi connectivity index (χ1) is 16.5. The maximum Gasteiger partial charge on any atom is 0.260 e. The maximum atomic E-state index is 13.8. The number of carbonyl (C=O) groups is 2. The van der Waals surface area contributed by atoms with Crippen molar-refractivity contribution in [1.29, 1.82) is 0 Å². The van der Waals surface area contributed by atoms with Gasteiger partial charge >= 0.3 is 0 Å². The minimum atomic E-state index is -0.859. The molecule has 0 radical (unpaired) electrons. The molecular formula is C25H16F2N4O3. The van der Waals surface area contributed by atoms with Crippen molar-refractivity contribution in [2.75, 3.05) is 10.2 Å². The first-order valence-corrected chi connectivity index (χ1v) is 10.2. The number of pyridine rings is 2. The van der Waals surface area contributed by atoms with Crippen molar-refractivity contribution in [1.82, 2.24) is 9.97 Å². The highest BCUT2D eigenvalue weighted by molar-refractivity contribution is 6.07. The molecule has 1 N–H and O–H groups in total. The summed E-state index contributed by atoms with van der Waals surface area (Å²) in [4.78, 5) is 35.6. The van der Waals surface area contributed by atoms with Gasteiger partial charge in [-0.15, -0.1) is 0 Å². The van der Waals surface area contributed by atoms with Gasteiger partial charge in [0, 0.05) is 18.0 Å². The molecule has 0 atom stereocenters. The Morgan fingerprint density at radius 2 is 1.82 bits per heavy atom. The summed E-state index contributed by atoms with van der Waals surface area (Å²) in [6, 6.07) is 16.2. The van der Waals surface area contributed by atoms with Crippen LogP contribution in [0.1, 0.15) is 26.3 Å². The topological polar surface area (TPSA) is 84.4 Å². The largest absolute Gasteiger partial charge is 0.436 e. The Balaban J connectivity index is 1.40. The second-order valence-electron chi connectivity index (χ2n) is 7.44. The monoisotopic (exact) mass is 458 g/mol. The van der Waals surface area contributed by atoms with Crippen LogP contribution in [-0.4, -0.2) is 21.8 Å². The maximum absolute atomic E-state index is 13.8. The van der Waals surface area contributed by atoms with Crippen molar-refractivity contribution < 1.29 is 23.1 Å². The van der Waals surface area contributed by atoms with Gasteiger partial charge < -0.3 is 15.0 Å². The number of para-hydroxylation sites is 2. The molecule has 1 aliphatic rings. The molecule has 0 spiro atoms. The zero-order valence-corrected chi connectivity index (χ0v) is 17.5. The van der Waals surface area contributed by atoms with E-state index in [2.05, 4.69) is 15.3 Å². The molecule has 4 aromatic rings. The van der Waals surface area contributed by atoms with Gasteiger partial charge in [0.05, 0.1) is 23.4 Å². The van der Waals surface area contributed by atoms with Crippen LogP contribution < -0.4 is 15.0 Å². The van der Waals surface area contributed by atoms with Crippen LogP contribution in [-0.2, 0) is 6.54 Å². The second kappa shape index (κ2) is 8.70. The Kier molecular flexibility index (Phi) is 5.43. The van der Waals surface area contributed by atoms with Crippen molar-refractivity contribution in [2.45, 2.75) is 6.54 Å². The second-order valence-corrected chi connectivity index (χ2v) is 7.44. The van der Waals surface area contributed by atoms with E-state index < -0.39 is 23.1 Å². The highest BCUT2D eigenvalue weighted by Gasteiger charge is 2.27. The average molecular weight is 458 g/mol. The normalized spacial score (nSPS) is 12.1.